The van der Waals surface area contributed by atoms with Crippen molar-refractivity contribution in [2.24, 2.45) is 0 Å². The predicted octanol–water partition coefficient (Wildman–Crippen LogP) is 3.43. The molecule has 0 saturated heterocycles. The Labute approximate surface area is 146 Å². The Hall–Kier alpha value is -2.24. The van der Waals surface area contributed by atoms with Gasteiger partial charge in [0.25, 0.3) is 5.91 Å². The Morgan fingerprint density at radius 1 is 1.16 bits per heavy atom. The summed E-state index contributed by atoms with van der Waals surface area (Å²) in [5.74, 6) is -2.58. The molecule has 1 N–H and O–H groups in total. The molecule has 0 atom stereocenters. The van der Waals surface area contributed by atoms with Crippen molar-refractivity contribution in [1.82, 2.24) is 10.2 Å². The maximum atomic E-state index is 13.2. The first-order valence-corrected chi connectivity index (χ1v) is 8.64. The normalized spacial score (nSPS) is 14.0. The van der Waals surface area contributed by atoms with Crippen LogP contribution in [0.3, 0.4) is 0 Å². The third-order valence-corrected chi connectivity index (χ3v) is 4.38. The van der Waals surface area contributed by atoms with Crippen LogP contribution in [0.25, 0.3) is 0 Å². The van der Waals surface area contributed by atoms with Gasteiger partial charge in [-0.3, -0.25) is 9.59 Å². The quantitative estimate of drug-likeness (QED) is 0.766. The molecule has 1 aromatic carbocycles. The van der Waals surface area contributed by atoms with Gasteiger partial charge in [-0.2, -0.15) is 0 Å². The van der Waals surface area contributed by atoms with Crippen LogP contribution >= 0.6 is 0 Å². The molecule has 0 aromatic heterocycles. The second-order valence-electron chi connectivity index (χ2n) is 6.25. The minimum absolute atomic E-state index is 0.0431. The highest BCUT2D eigenvalue weighted by molar-refractivity contribution is 5.94. The van der Waals surface area contributed by atoms with Crippen LogP contribution in [0.1, 0.15) is 49.4 Å². The van der Waals surface area contributed by atoms with E-state index in [1.807, 2.05) is 0 Å². The SMILES string of the molecule is CC(=O)N(CCNC(=O)c1ccc(F)c(F)c1)CCC1=CCCCC1. The van der Waals surface area contributed by atoms with Gasteiger partial charge in [0.05, 0.1) is 0 Å². The largest absolute Gasteiger partial charge is 0.350 e. The molecular formula is C19H24F2N2O2. The van der Waals surface area contributed by atoms with Crippen LogP contribution < -0.4 is 5.32 Å². The van der Waals surface area contributed by atoms with Crippen molar-refractivity contribution in [2.75, 3.05) is 19.6 Å². The molecule has 136 valence electrons. The number of hydrogen-bond acceptors (Lipinski definition) is 2. The van der Waals surface area contributed by atoms with Gasteiger partial charge in [0.1, 0.15) is 0 Å². The molecule has 0 saturated carbocycles. The standard InChI is InChI=1S/C19H24F2N2O2/c1-14(24)23(11-9-15-5-3-2-4-6-15)12-10-22-19(25)16-7-8-17(20)18(21)13-16/h5,7-8,13H,2-4,6,9-12H2,1H3,(H,22,25). The minimum atomic E-state index is -1.06. The van der Waals surface area contributed by atoms with Crippen LogP contribution in [0.2, 0.25) is 0 Å². The van der Waals surface area contributed by atoms with Gasteiger partial charge in [-0.1, -0.05) is 11.6 Å². The number of allylic oxidation sites excluding steroid dienone is 1. The van der Waals surface area contributed by atoms with Crippen LogP contribution in [0.5, 0.6) is 0 Å². The van der Waals surface area contributed by atoms with Gasteiger partial charge in [-0.05, 0) is 50.3 Å². The molecule has 2 rings (SSSR count). The van der Waals surface area contributed by atoms with Gasteiger partial charge in [-0.15, -0.1) is 0 Å². The second-order valence-corrected chi connectivity index (χ2v) is 6.25. The lowest BCUT2D eigenvalue weighted by Gasteiger charge is -2.23. The van der Waals surface area contributed by atoms with E-state index in [9.17, 15) is 18.4 Å². The van der Waals surface area contributed by atoms with Gasteiger partial charge < -0.3 is 10.2 Å². The van der Waals surface area contributed by atoms with Crippen molar-refractivity contribution in [3.05, 3.63) is 47.0 Å². The van der Waals surface area contributed by atoms with E-state index in [2.05, 4.69) is 11.4 Å². The number of rotatable bonds is 7. The van der Waals surface area contributed by atoms with Gasteiger partial charge in [-0.25, -0.2) is 8.78 Å². The summed E-state index contributed by atoms with van der Waals surface area (Å²) in [5.41, 5.74) is 1.45. The number of carbonyl (C=O) groups is 2. The van der Waals surface area contributed by atoms with E-state index in [0.29, 0.717) is 13.1 Å². The predicted molar refractivity (Wildman–Crippen MR) is 92.1 cm³/mol. The summed E-state index contributed by atoms with van der Waals surface area (Å²) in [4.78, 5) is 25.4. The van der Waals surface area contributed by atoms with E-state index < -0.39 is 17.5 Å². The summed E-state index contributed by atoms with van der Waals surface area (Å²) in [6, 6.07) is 3.01. The minimum Gasteiger partial charge on any atom is -0.350 e. The number of nitrogens with one attached hydrogen (secondary N) is 1. The van der Waals surface area contributed by atoms with Crippen LogP contribution in [0.4, 0.5) is 8.78 Å². The molecule has 0 spiro atoms. The number of carbonyl (C=O) groups excluding carboxylic acids is 2. The van der Waals surface area contributed by atoms with Crippen molar-refractivity contribution in [3.8, 4) is 0 Å². The topological polar surface area (TPSA) is 49.4 Å². The van der Waals surface area contributed by atoms with Gasteiger partial charge >= 0.3 is 0 Å². The molecule has 0 aliphatic heterocycles. The lowest BCUT2D eigenvalue weighted by atomic mass is 9.97. The molecule has 0 bridgehead atoms. The maximum Gasteiger partial charge on any atom is 0.251 e. The average molecular weight is 350 g/mol. The molecule has 25 heavy (non-hydrogen) atoms. The lowest BCUT2D eigenvalue weighted by molar-refractivity contribution is -0.128. The molecule has 6 heteroatoms. The van der Waals surface area contributed by atoms with Crippen LogP contribution in [0.15, 0.2) is 29.8 Å². The lowest BCUT2D eigenvalue weighted by Crippen LogP contribution is -2.38. The molecule has 2 amide bonds. The molecule has 0 fully saturated rings. The Bertz CT molecular complexity index is 659. The fraction of sp³-hybridized carbons (Fsp3) is 0.474. The molecule has 0 heterocycles. The summed E-state index contributed by atoms with van der Waals surface area (Å²) < 4.78 is 26.1. The Kier molecular flexibility index (Phi) is 7.10. The van der Waals surface area contributed by atoms with E-state index in [1.165, 1.54) is 31.4 Å². The fourth-order valence-corrected chi connectivity index (χ4v) is 2.88. The van der Waals surface area contributed by atoms with Gasteiger partial charge in [0, 0.05) is 32.1 Å². The van der Waals surface area contributed by atoms with E-state index in [-0.39, 0.29) is 18.0 Å². The number of benzene rings is 1. The monoisotopic (exact) mass is 350 g/mol. The highest BCUT2D eigenvalue weighted by Crippen LogP contribution is 2.20. The summed E-state index contributed by atoms with van der Waals surface area (Å²) >= 11 is 0. The molecular weight excluding hydrogens is 326 g/mol. The van der Waals surface area contributed by atoms with Crippen molar-refractivity contribution in [1.29, 1.82) is 0 Å². The highest BCUT2D eigenvalue weighted by Gasteiger charge is 2.13. The van der Waals surface area contributed by atoms with Gasteiger partial charge in [0.2, 0.25) is 5.91 Å². The summed E-state index contributed by atoms with van der Waals surface area (Å²) in [5, 5.41) is 2.63. The van der Waals surface area contributed by atoms with E-state index in [4.69, 9.17) is 0 Å². The summed E-state index contributed by atoms with van der Waals surface area (Å²) in [6.07, 6.45) is 7.76. The smallest absolute Gasteiger partial charge is 0.251 e. The number of nitrogens with zero attached hydrogens (tertiary/aromatic N) is 1. The first-order valence-electron chi connectivity index (χ1n) is 8.64. The Morgan fingerprint density at radius 3 is 2.60 bits per heavy atom. The van der Waals surface area contributed by atoms with Gasteiger partial charge in [0.15, 0.2) is 11.6 Å². The second kappa shape index (κ2) is 9.30. The molecule has 4 nitrogen and oxygen atoms in total. The first kappa shape index (κ1) is 19.1. The molecule has 1 aromatic rings. The van der Waals surface area contributed by atoms with Crippen molar-refractivity contribution < 1.29 is 18.4 Å². The molecule has 1 aliphatic rings. The zero-order chi connectivity index (χ0) is 18.2. The van der Waals surface area contributed by atoms with Crippen LogP contribution in [-0.4, -0.2) is 36.3 Å². The Balaban J connectivity index is 1.80. The third-order valence-electron chi connectivity index (χ3n) is 4.38. The molecule has 0 radical (unpaired) electrons. The van der Waals surface area contributed by atoms with E-state index in [0.717, 1.165) is 31.4 Å². The Morgan fingerprint density at radius 2 is 1.96 bits per heavy atom. The highest BCUT2D eigenvalue weighted by atomic mass is 19.2. The van der Waals surface area contributed by atoms with Crippen molar-refractivity contribution in [2.45, 2.75) is 39.0 Å². The van der Waals surface area contributed by atoms with Crippen molar-refractivity contribution in [3.63, 3.8) is 0 Å². The third kappa shape index (κ3) is 5.96. The number of hydrogen-bond donors (Lipinski definition) is 1. The van der Waals surface area contributed by atoms with E-state index in [1.54, 1.807) is 4.90 Å². The van der Waals surface area contributed by atoms with Crippen LogP contribution in [-0.2, 0) is 4.79 Å². The first-order chi connectivity index (χ1) is 12.0. The fourth-order valence-electron chi connectivity index (χ4n) is 2.88. The maximum absolute atomic E-state index is 13.2. The number of halogens is 2. The zero-order valence-corrected chi connectivity index (χ0v) is 14.5. The van der Waals surface area contributed by atoms with Crippen molar-refractivity contribution >= 4 is 11.8 Å². The summed E-state index contributed by atoms with van der Waals surface area (Å²) in [7, 11) is 0. The average Bonchev–Trinajstić information content (AvgIpc) is 2.60. The molecule has 0 unspecified atom stereocenters. The number of amides is 2. The van der Waals surface area contributed by atoms with Crippen LogP contribution in [0, 0.1) is 11.6 Å². The zero-order valence-electron chi connectivity index (χ0n) is 14.5. The van der Waals surface area contributed by atoms with E-state index >= 15 is 0 Å². The summed E-state index contributed by atoms with van der Waals surface area (Å²) in [6.45, 7) is 2.78. The molecule has 1 aliphatic carbocycles.